The van der Waals surface area contributed by atoms with Gasteiger partial charge in [0.25, 0.3) is 0 Å². The van der Waals surface area contributed by atoms with Crippen LogP contribution in [0.3, 0.4) is 0 Å². The van der Waals surface area contributed by atoms with Gasteiger partial charge >= 0.3 is 0 Å². The highest BCUT2D eigenvalue weighted by Crippen LogP contribution is 2.21. The summed E-state index contributed by atoms with van der Waals surface area (Å²) in [6, 6.07) is 19.5. The van der Waals surface area contributed by atoms with Crippen molar-refractivity contribution in [2.24, 2.45) is 0 Å². The summed E-state index contributed by atoms with van der Waals surface area (Å²) in [6.07, 6.45) is 3.13. The Bertz CT molecular complexity index is 585. The standard InChI is InChI=1S/C18H20N2S/c21-18(19-11-10-14-6-2-1-3-7-14)20-17-12-15-8-4-5-9-16(15)13-17/h1-9,17H,10-13H2,(H2,19,20,21). The molecule has 0 atom stereocenters. The van der Waals surface area contributed by atoms with E-state index in [9.17, 15) is 0 Å². The van der Waals surface area contributed by atoms with E-state index in [1.165, 1.54) is 16.7 Å². The summed E-state index contributed by atoms with van der Waals surface area (Å²) < 4.78 is 0. The number of hydrogen-bond donors (Lipinski definition) is 2. The molecule has 0 unspecified atom stereocenters. The van der Waals surface area contributed by atoms with Gasteiger partial charge in [-0.15, -0.1) is 0 Å². The highest BCUT2D eigenvalue weighted by molar-refractivity contribution is 7.80. The molecular formula is C18H20N2S. The van der Waals surface area contributed by atoms with Crippen LogP contribution in [0.4, 0.5) is 0 Å². The zero-order valence-electron chi connectivity index (χ0n) is 12.0. The summed E-state index contributed by atoms with van der Waals surface area (Å²) in [5.74, 6) is 0. The summed E-state index contributed by atoms with van der Waals surface area (Å²) in [5.41, 5.74) is 4.23. The van der Waals surface area contributed by atoms with Crippen molar-refractivity contribution >= 4 is 17.3 Å². The second-order valence-electron chi connectivity index (χ2n) is 5.51. The molecule has 0 saturated carbocycles. The molecule has 2 N–H and O–H groups in total. The van der Waals surface area contributed by atoms with Crippen LogP contribution < -0.4 is 10.6 Å². The van der Waals surface area contributed by atoms with Gasteiger partial charge in [-0.3, -0.25) is 0 Å². The molecule has 0 bridgehead atoms. The van der Waals surface area contributed by atoms with E-state index >= 15 is 0 Å². The van der Waals surface area contributed by atoms with E-state index in [0.29, 0.717) is 6.04 Å². The molecule has 0 aliphatic heterocycles. The molecule has 2 aromatic carbocycles. The predicted molar refractivity (Wildman–Crippen MR) is 91.5 cm³/mol. The van der Waals surface area contributed by atoms with E-state index in [0.717, 1.165) is 30.9 Å². The fraction of sp³-hybridized carbons (Fsp3) is 0.278. The van der Waals surface area contributed by atoms with E-state index < -0.39 is 0 Å². The van der Waals surface area contributed by atoms with E-state index in [-0.39, 0.29) is 0 Å². The molecule has 0 amide bonds. The molecule has 3 heteroatoms. The number of fused-ring (bicyclic) bond motifs is 1. The van der Waals surface area contributed by atoms with E-state index in [1.807, 2.05) is 6.07 Å². The number of benzene rings is 2. The minimum absolute atomic E-state index is 0.430. The lowest BCUT2D eigenvalue weighted by atomic mass is 10.1. The quantitative estimate of drug-likeness (QED) is 0.849. The number of hydrogen-bond acceptors (Lipinski definition) is 1. The first-order chi connectivity index (χ1) is 10.3. The molecule has 0 heterocycles. The Morgan fingerprint density at radius 2 is 1.57 bits per heavy atom. The van der Waals surface area contributed by atoms with Gasteiger partial charge in [0.1, 0.15) is 0 Å². The van der Waals surface area contributed by atoms with Crippen LogP contribution in [0.5, 0.6) is 0 Å². The fourth-order valence-electron chi connectivity index (χ4n) is 2.86. The Morgan fingerprint density at radius 1 is 0.952 bits per heavy atom. The van der Waals surface area contributed by atoms with Gasteiger partial charge in [-0.1, -0.05) is 54.6 Å². The predicted octanol–water partition coefficient (Wildman–Crippen LogP) is 2.86. The van der Waals surface area contributed by atoms with Crippen molar-refractivity contribution < 1.29 is 0 Å². The molecule has 0 spiro atoms. The van der Waals surface area contributed by atoms with Gasteiger partial charge in [0.2, 0.25) is 0 Å². The van der Waals surface area contributed by atoms with Crippen LogP contribution in [0, 0.1) is 0 Å². The minimum Gasteiger partial charge on any atom is -0.362 e. The van der Waals surface area contributed by atoms with Crippen LogP contribution >= 0.6 is 12.2 Å². The number of thiocarbonyl (C=S) groups is 1. The molecule has 3 rings (SSSR count). The maximum Gasteiger partial charge on any atom is 0.166 e. The lowest BCUT2D eigenvalue weighted by molar-refractivity contribution is 0.633. The SMILES string of the molecule is S=C(NCCc1ccccc1)NC1Cc2ccccc2C1. The maximum atomic E-state index is 5.39. The average molecular weight is 296 g/mol. The van der Waals surface area contributed by atoms with Gasteiger partial charge in [-0.25, -0.2) is 0 Å². The lowest BCUT2D eigenvalue weighted by Crippen LogP contribution is -2.42. The number of rotatable bonds is 4. The van der Waals surface area contributed by atoms with Crippen LogP contribution in [0.2, 0.25) is 0 Å². The van der Waals surface area contributed by atoms with Crippen molar-refractivity contribution in [3.05, 3.63) is 71.3 Å². The van der Waals surface area contributed by atoms with Crippen molar-refractivity contribution in [1.82, 2.24) is 10.6 Å². The lowest BCUT2D eigenvalue weighted by Gasteiger charge is -2.15. The summed E-state index contributed by atoms with van der Waals surface area (Å²) >= 11 is 5.39. The third-order valence-electron chi connectivity index (χ3n) is 3.93. The molecule has 0 radical (unpaired) electrons. The monoisotopic (exact) mass is 296 g/mol. The third-order valence-corrected chi connectivity index (χ3v) is 4.19. The summed E-state index contributed by atoms with van der Waals surface area (Å²) in [4.78, 5) is 0. The van der Waals surface area contributed by atoms with E-state index in [2.05, 4.69) is 59.2 Å². The highest BCUT2D eigenvalue weighted by Gasteiger charge is 2.20. The average Bonchev–Trinajstić information content (AvgIpc) is 2.90. The summed E-state index contributed by atoms with van der Waals surface area (Å²) in [7, 11) is 0. The van der Waals surface area contributed by atoms with Crippen molar-refractivity contribution in [1.29, 1.82) is 0 Å². The second kappa shape index (κ2) is 6.72. The zero-order valence-corrected chi connectivity index (χ0v) is 12.8. The van der Waals surface area contributed by atoms with Gasteiger partial charge in [-0.2, -0.15) is 0 Å². The van der Waals surface area contributed by atoms with E-state index in [1.54, 1.807) is 0 Å². The van der Waals surface area contributed by atoms with Gasteiger partial charge in [-0.05, 0) is 48.2 Å². The maximum absolute atomic E-state index is 5.39. The van der Waals surface area contributed by atoms with Crippen molar-refractivity contribution in [2.45, 2.75) is 25.3 Å². The first kappa shape index (κ1) is 14.1. The summed E-state index contributed by atoms with van der Waals surface area (Å²) in [6.45, 7) is 0.871. The topological polar surface area (TPSA) is 24.1 Å². The van der Waals surface area contributed by atoms with Gasteiger partial charge in [0.15, 0.2) is 5.11 Å². The third kappa shape index (κ3) is 3.82. The molecular weight excluding hydrogens is 276 g/mol. The fourth-order valence-corrected chi connectivity index (χ4v) is 3.13. The minimum atomic E-state index is 0.430. The number of nitrogens with one attached hydrogen (secondary N) is 2. The highest BCUT2D eigenvalue weighted by atomic mass is 32.1. The van der Waals surface area contributed by atoms with Crippen molar-refractivity contribution in [2.75, 3.05) is 6.54 Å². The Balaban J connectivity index is 1.42. The van der Waals surface area contributed by atoms with Gasteiger partial charge in [0, 0.05) is 12.6 Å². The van der Waals surface area contributed by atoms with Crippen LogP contribution in [0.1, 0.15) is 16.7 Å². The molecule has 1 aliphatic carbocycles. The Kier molecular flexibility index (Phi) is 4.51. The smallest absolute Gasteiger partial charge is 0.166 e. The van der Waals surface area contributed by atoms with Crippen LogP contribution in [0.15, 0.2) is 54.6 Å². The van der Waals surface area contributed by atoms with Crippen molar-refractivity contribution in [3.63, 3.8) is 0 Å². The van der Waals surface area contributed by atoms with Crippen LogP contribution in [-0.4, -0.2) is 17.7 Å². The molecule has 108 valence electrons. The molecule has 2 nitrogen and oxygen atoms in total. The Hall–Kier alpha value is -1.87. The molecule has 0 aromatic heterocycles. The largest absolute Gasteiger partial charge is 0.362 e. The zero-order chi connectivity index (χ0) is 14.5. The Morgan fingerprint density at radius 3 is 2.24 bits per heavy atom. The van der Waals surface area contributed by atoms with Crippen LogP contribution in [0.25, 0.3) is 0 Å². The van der Waals surface area contributed by atoms with E-state index in [4.69, 9.17) is 12.2 Å². The van der Waals surface area contributed by atoms with Gasteiger partial charge in [0.05, 0.1) is 0 Å². The molecule has 1 aliphatic rings. The first-order valence-electron chi connectivity index (χ1n) is 7.46. The summed E-state index contributed by atoms with van der Waals surface area (Å²) in [5, 5.41) is 7.50. The van der Waals surface area contributed by atoms with Gasteiger partial charge < -0.3 is 10.6 Å². The molecule has 21 heavy (non-hydrogen) atoms. The molecule has 0 saturated heterocycles. The van der Waals surface area contributed by atoms with Crippen LogP contribution in [-0.2, 0) is 19.3 Å². The molecule has 2 aromatic rings. The molecule has 0 fully saturated rings. The second-order valence-corrected chi connectivity index (χ2v) is 5.92. The van der Waals surface area contributed by atoms with Crippen molar-refractivity contribution in [3.8, 4) is 0 Å². The normalized spacial score (nSPS) is 13.7. The first-order valence-corrected chi connectivity index (χ1v) is 7.87. The Labute approximate surface area is 131 Å².